The number of nitrogens with zero attached hydrogens (tertiary/aromatic N) is 1. The van der Waals surface area contributed by atoms with Gasteiger partial charge in [0, 0.05) is 13.1 Å². The fourth-order valence-electron chi connectivity index (χ4n) is 2.74. The summed E-state index contributed by atoms with van der Waals surface area (Å²) in [4.78, 5) is 13.9. The summed E-state index contributed by atoms with van der Waals surface area (Å²) < 4.78 is 5.43. The van der Waals surface area contributed by atoms with E-state index >= 15 is 0 Å². The Kier molecular flexibility index (Phi) is 5.29. The molecule has 5 heteroatoms. The van der Waals surface area contributed by atoms with Gasteiger partial charge in [0.15, 0.2) is 0 Å². The van der Waals surface area contributed by atoms with E-state index in [-0.39, 0.29) is 24.1 Å². The Morgan fingerprint density at radius 3 is 2.67 bits per heavy atom. The van der Waals surface area contributed by atoms with Crippen LogP contribution < -0.4 is 5.32 Å². The van der Waals surface area contributed by atoms with Crippen molar-refractivity contribution < 1.29 is 9.53 Å². The third-order valence-electron chi connectivity index (χ3n) is 3.64. The maximum atomic E-state index is 12.0. The van der Waals surface area contributed by atoms with Crippen molar-refractivity contribution >= 4 is 18.5 Å². The minimum Gasteiger partial charge on any atom is -0.444 e. The molecule has 2 fully saturated rings. The number of hydrogen-bond acceptors (Lipinski definition) is 3. The molecule has 2 saturated heterocycles. The number of nitrogens with one attached hydrogen (secondary N) is 1. The molecule has 0 aromatic rings. The monoisotopic (exact) mass is 276 g/mol. The minimum atomic E-state index is -0.387. The van der Waals surface area contributed by atoms with Crippen LogP contribution in [0.3, 0.4) is 0 Å². The van der Waals surface area contributed by atoms with E-state index in [1.54, 1.807) is 0 Å². The van der Waals surface area contributed by atoms with E-state index in [4.69, 9.17) is 4.74 Å². The van der Waals surface area contributed by atoms with Gasteiger partial charge in [0.1, 0.15) is 5.60 Å². The van der Waals surface area contributed by atoms with Crippen molar-refractivity contribution in [1.29, 1.82) is 0 Å². The van der Waals surface area contributed by atoms with Crippen molar-refractivity contribution in [3.05, 3.63) is 0 Å². The summed E-state index contributed by atoms with van der Waals surface area (Å²) in [5, 5.41) is 3.43. The van der Waals surface area contributed by atoms with Gasteiger partial charge in [-0.25, -0.2) is 4.79 Å². The molecule has 0 bridgehead atoms. The van der Waals surface area contributed by atoms with Crippen LogP contribution in [-0.4, -0.2) is 42.8 Å². The molecule has 106 valence electrons. The Bertz CT molecular complexity index is 291. The molecule has 0 radical (unpaired) electrons. The van der Waals surface area contributed by atoms with E-state index in [2.05, 4.69) is 5.32 Å². The molecule has 0 aromatic carbocycles. The van der Waals surface area contributed by atoms with Gasteiger partial charge in [0.05, 0.1) is 0 Å². The lowest BCUT2D eigenvalue weighted by Crippen LogP contribution is -2.50. The normalized spacial score (nSPS) is 28.1. The molecule has 2 unspecified atom stereocenters. The molecular weight excluding hydrogens is 252 g/mol. The molecular formula is C13H25ClN2O2. The van der Waals surface area contributed by atoms with Crippen LogP contribution in [0.4, 0.5) is 4.79 Å². The number of fused-ring (bicyclic) bond motifs is 1. The first-order valence-electron chi connectivity index (χ1n) is 6.64. The Hall–Kier alpha value is -0.480. The number of likely N-dealkylation sites (tertiary alicyclic amines) is 1. The summed E-state index contributed by atoms with van der Waals surface area (Å²) >= 11 is 0. The second kappa shape index (κ2) is 6.11. The molecule has 1 amide bonds. The van der Waals surface area contributed by atoms with Gasteiger partial charge in [-0.2, -0.15) is 0 Å². The fraction of sp³-hybridized carbons (Fsp3) is 0.923. The van der Waals surface area contributed by atoms with Crippen molar-refractivity contribution in [2.75, 3.05) is 26.2 Å². The van der Waals surface area contributed by atoms with Gasteiger partial charge in [0.2, 0.25) is 0 Å². The van der Waals surface area contributed by atoms with Crippen LogP contribution in [0.15, 0.2) is 0 Å². The first-order valence-corrected chi connectivity index (χ1v) is 6.64. The average Bonchev–Trinajstić information content (AvgIpc) is 2.26. The second-order valence-corrected chi connectivity index (χ2v) is 6.23. The molecule has 2 rings (SSSR count). The zero-order chi connectivity index (χ0) is 12.5. The summed E-state index contributed by atoms with van der Waals surface area (Å²) in [5.41, 5.74) is -0.387. The van der Waals surface area contributed by atoms with Crippen LogP contribution in [0.1, 0.15) is 33.6 Å². The average molecular weight is 277 g/mol. The van der Waals surface area contributed by atoms with E-state index in [9.17, 15) is 4.79 Å². The molecule has 0 aliphatic carbocycles. The Balaban J connectivity index is 0.00000162. The van der Waals surface area contributed by atoms with Crippen molar-refractivity contribution in [1.82, 2.24) is 10.2 Å². The molecule has 0 spiro atoms. The SMILES string of the molecule is CC(C)(C)OC(=O)N1CCC2CNCCC2C1.Cl. The van der Waals surface area contributed by atoms with Gasteiger partial charge in [-0.05, 0) is 58.5 Å². The standard InChI is InChI=1S/C13H24N2O2.ClH/c1-13(2,3)17-12(16)15-7-5-10-8-14-6-4-11(10)9-15;/h10-11,14H,4-9H2,1-3H3;1H. The maximum Gasteiger partial charge on any atom is 0.410 e. The molecule has 2 atom stereocenters. The highest BCUT2D eigenvalue weighted by Gasteiger charge is 2.34. The van der Waals surface area contributed by atoms with E-state index in [0.29, 0.717) is 5.92 Å². The van der Waals surface area contributed by atoms with Gasteiger partial charge in [-0.3, -0.25) is 0 Å². The van der Waals surface area contributed by atoms with E-state index in [1.807, 2.05) is 25.7 Å². The molecule has 0 saturated carbocycles. The van der Waals surface area contributed by atoms with Crippen LogP contribution >= 0.6 is 12.4 Å². The molecule has 4 nitrogen and oxygen atoms in total. The molecule has 2 aliphatic rings. The lowest BCUT2D eigenvalue weighted by molar-refractivity contribution is 0.00716. The topological polar surface area (TPSA) is 41.6 Å². The van der Waals surface area contributed by atoms with Crippen molar-refractivity contribution in [2.24, 2.45) is 11.8 Å². The number of piperidine rings is 2. The minimum absolute atomic E-state index is 0. The van der Waals surface area contributed by atoms with Gasteiger partial charge in [-0.15, -0.1) is 12.4 Å². The van der Waals surface area contributed by atoms with Crippen LogP contribution in [-0.2, 0) is 4.74 Å². The largest absolute Gasteiger partial charge is 0.444 e. The summed E-state index contributed by atoms with van der Waals surface area (Å²) in [6.45, 7) is 9.68. The Labute approximate surface area is 116 Å². The molecule has 2 aliphatic heterocycles. The highest BCUT2D eigenvalue weighted by molar-refractivity contribution is 5.85. The van der Waals surface area contributed by atoms with E-state index in [1.165, 1.54) is 6.42 Å². The third kappa shape index (κ3) is 4.02. The summed E-state index contributed by atoms with van der Waals surface area (Å²) in [7, 11) is 0. The third-order valence-corrected chi connectivity index (χ3v) is 3.64. The van der Waals surface area contributed by atoms with Crippen LogP contribution in [0.2, 0.25) is 0 Å². The molecule has 2 heterocycles. The van der Waals surface area contributed by atoms with Gasteiger partial charge in [0.25, 0.3) is 0 Å². The second-order valence-electron chi connectivity index (χ2n) is 6.23. The molecule has 1 N–H and O–H groups in total. The zero-order valence-corrected chi connectivity index (χ0v) is 12.4. The van der Waals surface area contributed by atoms with Gasteiger partial charge >= 0.3 is 6.09 Å². The van der Waals surface area contributed by atoms with Crippen LogP contribution in [0.5, 0.6) is 0 Å². The maximum absolute atomic E-state index is 12.0. The summed E-state index contributed by atoms with van der Waals surface area (Å²) in [6, 6.07) is 0. The highest BCUT2D eigenvalue weighted by Crippen LogP contribution is 2.28. The predicted octanol–water partition coefficient (Wildman–Crippen LogP) is 2.27. The van der Waals surface area contributed by atoms with Crippen molar-refractivity contribution in [2.45, 2.75) is 39.2 Å². The van der Waals surface area contributed by atoms with Crippen molar-refractivity contribution in [3.8, 4) is 0 Å². The molecule has 0 aromatic heterocycles. The number of rotatable bonds is 0. The number of ether oxygens (including phenoxy) is 1. The fourth-order valence-corrected chi connectivity index (χ4v) is 2.74. The number of hydrogen-bond donors (Lipinski definition) is 1. The number of carbonyl (C=O) groups is 1. The lowest BCUT2D eigenvalue weighted by atomic mass is 9.81. The van der Waals surface area contributed by atoms with E-state index in [0.717, 1.165) is 38.5 Å². The molecule has 18 heavy (non-hydrogen) atoms. The summed E-state index contributed by atoms with van der Waals surface area (Å²) in [6.07, 6.45) is 2.15. The lowest BCUT2D eigenvalue weighted by Gasteiger charge is -2.41. The smallest absolute Gasteiger partial charge is 0.410 e. The number of carbonyl (C=O) groups excluding carboxylic acids is 1. The number of amides is 1. The quantitative estimate of drug-likeness (QED) is 0.738. The van der Waals surface area contributed by atoms with E-state index < -0.39 is 0 Å². The predicted molar refractivity (Wildman–Crippen MR) is 74.1 cm³/mol. The first kappa shape index (κ1) is 15.6. The zero-order valence-electron chi connectivity index (χ0n) is 11.6. The van der Waals surface area contributed by atoms with Gasteiger partial charge in [-0.1, -0.05) is 0 Å². The van der Waals surface area contributed by atoms with Crippen LogP contribution in [0.25, 0.3) is 0 Å². The van der Waals surface area contributed by atoms with Crippen molar-refractivity contribution in [3.63, 3.8) is 0 Å². The summed E-state index contributed by atoms with van der Waals surface area (Å²) in [5.74, 6) is 1.42. The van der Waals surface area contributed by atoms with Gasteiger partial charge < -0.3 is 15.0 Å². The van der Waals surface area contributed by atoms with Crippen LogP contribution in [0, 0.1) is 11.8 Å². The first-order chi connectivity index (χ1) is 7.96. The highest BCUT2D eigenvalue weighted by atomic mass is 35.5. The number of halogens is 1. The Morgan fingerprint density at radius 2 is 2.00 bits per heavy atom. The Morgan fingerprint density at radius 1 is 1.28 bits per heavy atom.